The Morgan fingerprint density at radius 3 is 2.62 bits per heavy atom. The van der Waals surface area contributed by atoms with Gasteiger partial charge in [0, 0.05) is 47.9 Å². The lowest BCUT2D eigenvalue weighted by Crippen LogP contribution is -2.63. The van der Waals surface area contributed by atoms with Gasteiger partial charge in [0.15, 0.2) is 0 Å². The maximum absolute atomic E-state index is 12.7. The third-order valence-electron chi connectivity index (χ3n) is 6.25. The van der Waals surface area contributed by atoms with Gasteiger partial charge in [0.25, 0.3) is 0 Å². The smallest absolute Gasteiger partial charge is 0.340 e. The van der Waals surface area contributed by atoms with E-state index in [0.29, 0.717) is 30.0 Å². The highest BCUT2D eigenvalue weighted by atomic mass is 35.5. The number of halogens is 1. The molecule has 5 nitrogen and oxygen atoms in total. The van der Waals surface area contributed by atoms with Crippen LogP contribution in [0.5, 0.6) is 0 Å². The number of carbonyl (C=O) groups excluding carboxylic acids is 2. The molecule has 0 aliphatic carbocycles. The SMILES string of the molecule is Cc1ccc2[nH]cc(C(=O)OC3CC4CC5CC(C3)N4CC5=O)c2c1.Cl. The number of nitrogens with zero attached hydrogens (tertiary/aromatic N) is 1. The van der Waals surface area contributed by atoms with E-state index in [1.807, 2.05) is 25.1 Å². The van der Waals surface area contributed by atoms with E-state index >= 15 is 0 Å². The first kappa shape index (κ1) is 17.6. The third-order valence-corrected chi connectivity index (χ3v) is 6.25. The van der Waals surface area contributed by atoms with E-state index in [0.717, 1.165) is 42.1 Å². The molecule has 0 saturated carbocycles. The lowest BCUT2D eigenvalue weighted by Gasteiger charge is -2.54. The number of hydrogen-bond donors (Lipinski definition) is 1. The highest BCUT2D eigenvalue weighted by Gasteiger charge is 2.49. The number of Topliss-reactive ketones (excluding diaryl/α,β-unsaturated/α-hetero) is 1. The number of ether oxygens (including phenoxy) is 1. The van der Waals surface area contributed by atoms with Gasteiger partial charge in [-0.25, -0.2) is 4.79 Å². The number of hydrogen-bond acceptors (Lipinski definition) is 4. The van der Waals surface area contributed by atoms with Gasteiger partial charge in [0.2, 0.25) is 0 Å². The molecule has 4 bridgehead atoms. The van der Waals surface area contributed by atoms with Gasteiger partial charge < -0.3 is 9.72 Å². The van der Waals surface area contributed by atoms with E-state index in [9.17, 15) is 9.59 Å². The summed E-state index contributed by atoms with van der Waals surface area (Å²) in [4.78, 5) is 30.1. The Hall–Kier alpha value is -1.85. The topological polar surface area (TPSA) is 62.4 Å². The number of fused-ring (bicyclic) bond motifs is 2. The van der Waals surface area contributed by atoms with Crippen LogP contribution in [-0.4, -0.2) is 46.4 Å². The van der Waals surface area contributed by atoms with Crippen molar-refractivity contribution in [3.63, 3.8) is 0 Å². The molecule has 6 heteroatoms. The average molecular weight is 375 g/mol. The number of ketones is 1. The maximum atomic E-state index is 12.7. The standard InChI is InChI=1S/C20H22N2O3.ClH/c1-11-2-3-18-16(4-11)17(9-21-18)20(24)25-15-7-13-5-12-6-14(8-15)22(13)10-19(12)23;/h2-4,9,12-15,21H,5-8,10H2,1H3;1H. The number of carbonyl (C=O) groups is 2. The molecule has 26 heavy (non-hydrogen) atoms. The van der Waals surface area contributed by atoms with Crippen LogP contribution in [0.3, 0.4) is 0 Å². The van der Waals surface area contributed by atoms with Crippen molar-refractivity contribution in [2.45, 2.75) is 50.8 Å². The molecule has 2 atom stereocenters. The summed E-state index contributed by atoms with van der Waals surface area (Å²) in [5.74, 6) is 0.406. The first-order valence-electron chi connectivity index (χ1n) is 9.15. The molecule has 1 aromatic heterocycles. The Morgan fingerprint density at radius 1 is 1.19 bits per heavy atom. The van der Waals surface area contributed by atoms with Gasteiger partial charge in [-0.1, -0.05) is 11.6 Å². The molecule has 4 aliphatic rings. The fourth-order valence-corrected chi connectivity index (χ4v) is 5.03. The molecule has 4 aliphatic heterocycles. The Morgan fingerprint density at radius 2 is 1.92 bits per heavy atom. The minimum absolute atomic E-state index is 0. The number of piperidine rings is 4. The maximum Gasteiger partial charge on any atom is 0.340 e. The van der Waals surface area contributed by atoms with E-state index in [1.165, 1.54) is 0 Å². The zero-order valence-electron chi connectivity index (χ0n) is 14.7. The summed E-state index contributed by atoms with van der Waals surface area (Å²) < 4.78 is 5.88. The highest BCUT2D eigenvalue weighted by molar-refractivity contribution is 6.04. The lowest BCUT2D eigenvalue weighted by molar-refractivity contribution is -0.145. The molecule has 0 radical (unpaired) electrons. The van der Waals surface area contributed by atoms with Crippen LogP contribution in [0.25, 0.3) is 10.9 Å². The summed E-state index contributed by atoms with van der Waals surface area (Å²) in [5, 5.41) is 0.925. The molecule has 1 aromatic carbocycles. The number of rotatable bonds is 2. The van der Waals surface area contributed by atoms with Crippen molar-refractivity contribution in [2.24, 2.45) is 5.92 Å². The van der Waals surface area contributed by atoms with E-state index in [1.54, 1.807) is 6.20 Å². The second-order valence-corrected chi connectivity index (χ2v) is 7.86. The summed E-state index contributed by atoms with van der Waals surface area (Å²) in [6.45, 7) is 2.62. The molecule has 5 heterocycles. The normalized spacial score (nSPS) is 32.3. The molecular formula is C20H23ClN2O3. The van der Waals surface area contributed by atoms with E-state index in [-0.39, 0.29) is 30.4 Å². The summed E-state index contributed by atoms with van der Waals surface area (Å²) >= 11 is 0. The quantitative estimate of drug-likeness (QED) is 0.819. The summed E-state index contributed by atoms with van der Waals surface area (Å²) in [6.07, 6.45) is 5.30. The highest BCUT2D eigenvalue weighted by Crippen LogP contribution is 2.42. The van der Waals surface area contributed by atoms with E-state index in [2.05, 4.69) is 9.88 Å². The molecule has 2 aromatic rings. The Kier molecular flexibility index (Phi) is 4.32. The van der Waals surface area contributed by atoms with Gasteiger partial charge in [-0.05, 0) is 31.9 Å². The third kappa shape index (κ3) is 2.74. The average Bonchev–Trinajstić information content (AvgIpc) is 2.98. The number of aromatic amines is 1. The zero-order chi connectivity index (χ0) is 17.1. The second kappa shape index (κ2) is 6.39. The van der Waals surface area contributed by atoms with Crippen molar-refractivity contribution < 1.29 is 14.3 Å². The van der Waals surface area contributed by atoms with Crippen LogP contribution < -0.4 is 0 Å². The largest absolute Gasteiger partial charge is 0.459 e. The first-order valence-corrected chi connectivity index (χ1v) is 9.15. The lowest BCUT2D eigenvalue weighted by atomic mass is 9.72. The Labute approximate surface area is 158 Å². The fourth-order valence-electron chi connectivity index (χ4n) is 5.03. The molecule has 0 spiro atoms. The van der Waals surface area contributed by atoms with Crippen LogP contribution in [0.1, 0.15) is 41.6 Å². The number of nitrogens with one attached hydrogen (secondary N) is 1. The second-order valence-electron chi connectivity index (χ2n) is 7.86. The molecule has 6 rings (SSSR count). The summed E-state index contributed by atoms with van der Waals surface area (Å²) in [5.41, 5.74) is 2.70. The van der Waals surface area contributed by atoms with Crippen molar-refractivity contribution in [1.82, 2.24) is 9.88 Å². The molecule has 0 amide bonds. The van der Waals surface area contributed by atoms with Gasteiger partial charge in [0.1, 0.15) is 11.9 Å². The van der Waals surface area contributed by atoms with Gasteiger partial charge >= 0.3 is 5.97 Å². The van der Waals surface area contributed by atoms with Crippen LogP contribution in [0, 0.1) is 12.8 Å². The Bertz CT molecular complexity index is 861. The first-order chi connectivity index (χ1) is 12.1. The van der Waals surface area contributed by atoms with Gasteiger partial charge in [-0.2, -0.15) is 0 Å². The van der Waals surface area contributed by atoms with Crippen LogP contribution in [0.15, 0.2) is 24.4 Å². The van der Waals surface area contributed by atoms with E-state index < -0.39 is 0 Å². The van der Waals surface area contributed by atoms with Crippen LogP contribution in [0.2, 0.25) is 0 Å². The van der Waals surface area contributed by atoms with E-state index in [4.69, 9.17) is 4.74 Å². The molecule has 4 saturated heterocycles. The molecular weight excluding hydrogens is 352 g/mol. The predicted molar refractivity (Wildman–Crippen MR) is 101 cm³/mol. The van der Waals surface area contributed by atoms with Crippen molar-refractivity contribution in [3.8, 4) is 0 Å². The van der Waals surface area contributed by atoms with Gasteiger partial charge in [0.05, 0.1) is 12.1 Å². The van der Waals surface area contributed by atoms with Crippen molar-refractivity contribution >= 4 is 35.1 Å². The zero-order valence-corrected chi connectivity index (χ0v) is 15.6. The minimum atomic E-state index is -0.238. The summed E-state index contributed by atoms with van der Waals surface area (Å²) in [7, 11) is 0. The van der Waals surface area contributed by atoms with Crippen molar-refractivity contribution in [3.05, 3.63) is 35.5 Å². The molecule has 138 valence electrons. The number of esters is 1. The minimum Gasteiger partial charge on any atom is -0.459 e. The Balaban J connectivity index is 0.00000168. The van der Waals surface area contributed by atoms with Crippen LogP contribution >= 0.6 is 12.4 Å². The predicted octanol–water partition coefficient (Wildman–Crippen LogP) is 3.25. The monoisotopic (exact) mass is 374 g/mol. The fraction of sp³-hybridized carbons (Fsp3) is 0.500. The number of benzene rings is 1. The number of H-pyrrole nitrogens is 1. The van der Waals surface area contributed by atoms with Crippen LogP contribution in [-0.2, 0) is 9.53 Å². The van der Waals surface area contributed by atoms with Crippen LogP contribution in [0.4, 0.5) is 0 Å². The van der Waals surface area contributed by atoms with Crippen molar-refractivity contribution in [1.29, 1.82) is 0 Å². The molecule has 1 N–H and O–H groups in total. The molecule has 2 unspecified atom stereocenters. The molecule has 4 fully saturated rings. The van der Waals surface area contributed by atoms with Crippen molar-refractivity contribution in [2.75, 3.05) is 6.54 Å². The number of aryl methyl sites for hydroxylation is 1. The van der Waals surface area contributed by atoms with Gasteiger partial charge in [-0.3, -0.25) is 9.69 Å². The summed E-state index contributed by atoms with van der Waals surface area (Å²) in [6, 6.07) is 6.85. The van der Waals surface area contributed by atoms with Gasteiger partial charge in [-0.15, -0.1) is 12.4 Å². The number of aromatic nitrogens is 1.